The molecule has 0 aromatic carbocycles. The lowest BCUT2D eigenvalue weighted by Gasteiger charge is -2.20. The minimum atomic E-state index is -0.132. The molecule has 0 aromatic heterocycles. The summed E-state index contributed by atoms with van der Waals surface area (Å²) in [6, 6.07) is -0.132. The number of hydrogen-bond acceptors (Lipinski definition) is 2. The van der Waals surface area contributed by atoms with Crippen molar-refractivity contribution < 1.29 is 4.79 Å². The second kappa shape index (κ2) is 6.62. The Morgan fingerprint density at radius 3 is 2.53 bits per heavy atom. The van der Waals surface area contributed by atoms with Gasteiger partial charge >= 0.3 is 0 Å². The standard InChI is InChI=1S/C12H24N2O/c1-6-8-14-11(15)10(2)13-9-7-12(3,4)5/h6,10,13H,1,7-9H2,2-5H3,(H,14,15). The second-order valence-electron chi connectivity index (χ2n) is 5.02. The summed E-state index contributed by atoms with van der Waals surface area (Å²) in [4.78, 5) is 11.4. The summed E-state index contributed by atoms with van der Waals surface area (Å²) < 4.78 is 0. The smallest absolute Gasteiger partial charge is 0.237 e. The number of carbonyl (C=O) groups excluding carboxylic acids is 1. The van der Waals surface area contributed by atoms with E-state index in [1.165, 1.54) is 0 Å². The SMILES string of the molecule is C=CCNC(=O)C(C)NCCC(C)(C)C. The Morgan fingerprint density at radius 1 is 1.47 bits per heavy atom. The van der Waals surface area contributed by atoms with E-state index in [0.717, 1.165) is 13.0 Å². The lowest BCUT2D eigenvalue weighted by molar-refractivity contribution is -0.122. The quantitative estimate of drug-likeness (QED) is 0.658. The van der Waals surface area contributed by atoms with Crippen molar-refractivity contribution in [2.24, 2.45) is 5.41 Å². The van der Waals surface area contributed by atoms with Crippen LogP contribution in [0.25, 0.3) is 0 Å². The third kappa shape index (κ3) is 8.18. The van der Waals surface area contributed by atoms with Crippen LogP contribution in [-0.2, 0) is 4.79 Å². The first-order valence-electron chi connectivity index (χ1n) is 5.49. The topological polar surface area (TPSA) is 41.1 Å². The third-order valence-corrected chi connectivity index (χ3v) is 2.14. The molecule has 3 heteroatoms. The van der Waals surface area contributed by atoms with Crippen LogP contribution < -0.4 is 10.6 Å². The zero-order valence-corrected chi connectivity index (χ0v) is 10.4. The summed E-state index contributed by atoms with van der Waals surface area (Å²) in [6.45, 7) is 13.4. The first kappa shape index (κ1) is 14.2. The fourth-order valence-corrected chi connectivity index (χ4v) is 1.08. The van der Waals surface area contributed by atoms with Gasteiger partial charge < -0.3 is 10.6 Å². The summed E-state index contributed by atoms with van der Waals surface area (Å²) in [5.41, 5.74) is 0.310. The van der Waals surface area contributed by atoms with Gasteiger partial charge in [-0.1, -0.05) is 26.8 Å². The van der Waals surface area contributed by atoms with Crippen LogP contribution in [0.15, 0.2) is 12.7 Å². The second-order valence-corrected chi connectivity index (χ2v) is 5.02. The van der Waals surface area contributed by atoms with E-state index in [9.17, 15) is 4.79 Å². The van der Waals surface area contributed by atoms with E-state index in [4.69, 9.17) is 0 Å². The van der Waals surface area contributed by atoms with E-state index in [2.05, 4.69) is 38.0 Å². The maximum atomic E-state index is 11.4. The maximum Gasteiger partial charge on any atom is 0.237 e. The molecule has 15 heavy (non-hydrogen) atoms. The summed E-state index contributed by atoms with van der Waals surface area (Å²) >= 11 is 0. The molecule has 2 N–H and O–H groups in total. The zero-order chi connectivity index (χ0) is 11.9. The molecule has 0 heterocycles. The van der Waals surface area contributed by atoms with Gasteiger partial charge in [0.15, 0.2) is 0 Å². The molecule has 1 amide bonds. The Morgan fingerprint density at radius 2 is 2.07 bits per heavy atom. The van der Waals surface area contributed by atoms with E-state index >= 15 is 0 Å². The third-order valence-electron chi connectivity index (χ3n) is 2.14. The van der Waals surface area contributed by atoms with Crippen LogP contribution >= 0.6 is 0 Å². The summed E-state index contributed by atoms with van der Waals surface area (Å²) in [7, 11) is 0. The molecule has 3 nitrogen and oxygen atoms in total. The van der Waals surface area contributed by atoms with Gasteiger partial charge in [0.25, 0.3) is 0 Å². The molecule has 0 spiro atoms. The van der Waals surface area contributed by atoms with Crippen LogP contribution in [0.5, 0.6) is 0 Å². The van der Waals surface area contributed by atoms with Gasteiger partial charge in [-0.2, -0.15) is 0 Å². The summed E-state index contributed by atoms with van der Waals surface area (Å²) in [6.07, 6.45) is 2.74. The van der Waals surface area contributed by atoms with E-state index in [0.29, 0.717) is 12.0 Å². The Hall–Kier alpha value is -0.830. The van der Waals surface area contributed by atoms with Crippen LogP contribution in [0, 0.1) is 5.41 Å². The van der Waals surface area contributed by atoms with E-state index in [1.54, 1.807) is 6.08 Å². The fraction of sp³-hybridized carbons (Fsp3) is 0.750. The van der Waals surface area contributed by atoms with Gasteiger partial charge in [-0.15, -0.1) is 6.58 Å². The fourth-order valence-electron chi connectivity index (χ4n) is 1.08. The highest BCUT2D eigenvalue weighted by atomic mass is 16.2. The summed E-state index contributed by atoms with van der Waals surface area (Å²) in [5.74, 6) is 0.0313. The Bertz CT molecular complexity index is 206. The van der Waals surface area contributed by atoms with E-state index in [1.807, 2.05) is 6.92 Å². The molecule has 0 radical (unpaired) electrons. The van der Waals surface area contributed by atoms with Crippen molar-refractivity contribution in [1.29, 1.82) is 0 Å². The molecule has 0 fully saturated rings. The highest BCUT2D eigenvalue weighted by Gasteiger charge is 2.13. The number of carbonyl (C=O) groups is 1. The molecule has 88 valence electrons. The van der Waals surface area contributed by atoms with E-state index < -0.39 is 0 Å². The van der Waals surface area contributed by atoms with Gasteiger partial charge in [0.1, 0.15) is 0 Å². The van der Waals surface area contributed by atoms with Crippen LogP contribution in [0.4, 0.5) is 0 Å². The van der Waals surface area contributed by atoms with Gasteiger partial charge in [-0.05, 0) is 25.3 Å². The molecule has 0 rings (SSSR count). The number of rotatable bonds is 6. The Kier molecular flexibility index (Phi) is 6.25. The van der Waals surface area contributed by atoms with Crippen molar-refractivity contribution in [1.82, 2.24) is 10.6 Å². The highest BCUT2D eigenvalue weighted by Crippen LogP contribution is 2.16. The molecule has 0 saturated carbocycles. The zero-order valence-electron chi connectivity index (χ0n) is 10.4. The minimum Gasteiger partial charge on any atom is -0.351 e. The molecule has 0 aliphatic rings. The molecular weight excluding hydrogens is 188 g/mol. The van der Waals surface area contributed by atoms with Crippen LogP contribution in [0.1, 0.15) is 34.1 Å². The first-order valence-corrected chi connectivity index (χ1v) is 5.49. The molecule has 0 aliphatic carbocycles. The number of hydrogen-bond donors (Lipinski definition) is 2. The molecule has 0 bridgehead atoms. The van der Waals surface area contributed by atoms with Gasteiger partial charge in [-0.3, -0.25) is 4.79 Å². The van der Waals surface area contributed by atoms with E-state index in [-0.39, 0.29) is 11.9 Å². The van der Waals surface area contributed by atoms with Crippen molar-refractivity contribution in [2.45, 2.75) is 40.2 Å². The molecule has 1 unspecified atom stereocenters. The Balaban J connectivity index is 3.68. The number of amides is 1. The highest BCUT2D eigenvalue weighted by molar-refractivity contribution is 5.81. The van der Waals surface area contributed by atoms with Crippen molar-refractivity contribution in [3.8, 4) is 0 Å². The molecular formula is C12H24N2O. The van der Waals surface area contributed by atoms with Crippen molar-refractivity contribution in [3.05, 3.63) is 12.7 Å². The monoisotopic (exact) mass is 212 g/mol. The molecule has 0 saturated heterocycles. The van der Waals surface area contributed by atoms with Crippen molar-refractivity contribution >= 4 is 5.91 Å². The van der Waals surface area contributed by atoms with Gasteiger partial charge in [-0.25, -0.2) is 0 Å². The molecule has 0 aliphatic heterocycles. The maximum absolute atomic E-state index is 11.4. The average molecular weight is 212 g/mol. The van der Waals surface area contributed by atoms with Crippen molar-refractivity contribution in [2.75, 3.05) is 13.1 Å². The lowest BCUT2D eigenvalue weighted by Crippen LogP contribution is -2.43. The lowest BCUT2D eigenvalue weighted by atomic mass is 9.92. The predicted molar refractivity (Wildman–Crippen MR) is 64.7 cm³/mol. The predicted octanol–water partition coefficient (Wildman–Crippen LogP) is 1.70. The average Bonchev–Trinajstić information content (AvgIpc) is 2.11. The van der Waals surface area contributed by atoms with Crippen LogP contribution in [-0.4, -0.2) is 25.0 Å². The van der Waals surface area contributed by atoms with Crippen LogP contribution in [0.2, 0.25) is 0 Å². The Labute approximate surface area is 93.3 Å². The van der Waals surface area contributed by atoms with Gasteiger partial charge in [0.2, 0.25) is 5.91 Å². The molecule has 1 atom stereocenters. The number of nitrogens with one attached hydrogen (secondary N) is 2. The van der Waals surface area contributed by atoms with Crippen LogP contribution in [0.3, 0.4) is 0 Å². The first-order chi connectivity index (χ1) is 6.87. The minimum absolute atomic E-state index is 0.0313. The summed E-state index contributed by atoms with van der Waals surface area (Å²) in [5, 5.41) is 5.96. The largest absolute Gasteiger partial charge is 0.351 e. The van der Waals surface area contributed by atoms with Gasteiger partial charge in [0, 0.05) is 6.54 Å². The van der Waals surface area contributed by atoms with Gasteiger partial charge in [0.05, 0.1) is 6.04 Å². The normalized spacial score (nSPS) is 13.3. The van der Waals surface area contributed by atoms with Crippen molar-refractivity contribution in [3.63, 3.8) is 0 Å². The molecule has 0 aromatic rings.